The van der Waals surface area contributed by atoms with Crippen LogP contribution in [0.1, 0.15) is 82.8 Å². The predicted octanol–water partition coefficient (Wildman–Crippen LogP) is 4.99. The van der Waals surface area contributed by atoms with Crippen LogP contribution in [0.3, 0.4) is 0 Å². The van der Waals surface area contributed by atoms with Crippen LogP contribution in [-0.2, 0) is 36.8 Å². The zero-order valence-electron chi connectivity index (χ0n) is 31.6. The van der Waals surface area contributed by atoms with Gasteiger partial charge < -0.3 is 24.5 Å². The second kappa shape index (κ2) is 15.2. The van der Waals surface area contributed by atoms with E-state index in [9.17, 15) is 19.5 Å². The minimum absolute atomic E-state index is 0.0458. The monoisotopic (exact) mass is 744 g/mol. The number of aryl methyl sites for hydroxylation is 1. The maximum absolute atomic E-state index is 14.1. The molecule has 6 bridgehead atoms. The van der Waals surface area contributed by atoms with Crippen molar-refractivity contribution in [3.63, 3.8) is 0 Å². The number of pyridine rings is 1. The quantitative estimate of drug-likeness (QED) is 0.285. The molecular formula is C40H52N6O6S. The summed E-state index contributed by atoms with van der Waals surface area (Å²) in [5, 5.41) is 16.1. The number of nitrogens with one attached hydrogen (secondary N) is 2. The average Bonchev–Trinajstić information content (AvgIpc) is 3.44. The van der Waals surface area contributed by atoms with Gasteiger partial charge in [-0.05, 0) is 80.3 Å². The van der Waals surface area contributed by atoms with Crippen molar-refractivity contribution in [2.24, 2.45) is 28.2 Å². The third-order valence-corrected chi connectivity index (χ3v) is 12.6. The van der Waals surface area contributed by atoms with Gasteiger partial charge in [-0.25, -0.2) is 5.43 Å². The first-order chi connectivity index (χ1) is 25.4. The van der Waals surface area contributed by atoms with Gasteiger partial charge in [-0.1, -0.05) is 26.8 Å². The SMILES string of the molecule is CCn1c(-c2cccnc2[C@H](C)OC)c2c3cc(ccc31)C1CSC(=N1)C[C@H](NC(=O)[C@@H]1[C@@H](C)[C@H]1CO)C(=O)N1CCC[C@H](N1)C(=O)OCC(C)(C)C2. The maximum Gasteiger partial charge on any atom is 0.324 e. The molecule has 2 aromatic heterocycles. The van der Waals surface area contributed by atoms with Gasteiger partial charge in [0.15, 0.2) is 0 Å². The van der Waals surface area contributed by atoms with Gasteiger partial charge in [0.2, 0.25) is 5.91 Å². The number of aliphatic hydroxyl groups excluding tert-OH is 1. The molecule has 3 N–H and O–H groups in total. The number of aromatic nitrogens is 2. The Morgan fingerprint density at radius 2 is 2.08 bits per heavy atom. The number of fused-ring (bicyclic) bond motifs is 5. The third-order valence-electron chi connectivity index (χ3n) is 11.5. The molecule has 7 atom stereocenters. The molecule has 3 aliphatic heterocycles. The van der Waals surface area contributed by atoms with Crippen molar-refractivity contribution < 1.29 is 29.0 Å². The zero-order chi connectivity index (χ0) is 37.6. The number of cyclic esters (lactones) is 1. The fraction of sp³-hybridized carbons (Fsp3) is 0.575. The number of hydrogen-bond donors (Lipinski definition) is 3. The van der Waals surface area contributed by atoms with E-state index in [0.29, 0.717) is 31.6 Å². The second-order valence-corrected chi connectivity index (χ2v) is 16.9. The van der Waals surface area contributed by atoms with Crippen molar-refractivity contribution in [2.75, 3.05) is 32.6 Å². The minimum atomic E-state index is -0.877. The van der Waals surface area contributed by atoms with Crippen LogP contribution in [0.2, 0.25) is 0 Å². The van der Waals surface area contributed by atoms with Crippen molar-refractivity contribution in [3.05, 3.63) is 53.3 Å². The number of benzene rings is 1. The Balaban J connectivity index is 1.32. The molecule has 1 aromatic carbocycles. The maximum atomic E-state index is 14.1. The summed E-state index contributed by atoms with van der Waals surface area (Å²) >= 11 is 1.61. The fourth-order valence-electron chi connectivity index (χ4n) is 8.32. The number of thioether (sulfide) groups is 1. The van der Waals surface area contributed by atoms with Gasteiger partial charge in [0.25, 0.3) is 5.91 Å². The molecule has 0 radical (unpaired) electrons. The van der Waals surface area contributed by atoms with Crippen molar-refractivity contribution >= 4 is 45.5 Å². The molecule has 12 nitrogen and oxygen atoms in total. The van der Waals surface area contributed by atoms with Crippen LogP contribution in [0.25, 0.3) is 22.2 Å². The van der Waals surface area contributed by atoms with Crippen LogP contribution in [-0.4, -0.2) is 87.2 Å². The molecule has 4 aliphatic rings. The lowest BCUT2D eigenvalue weighted by molar-refractivity contribution is -0.155. The number of carbonyl (C=O) groups excluding carboxylic acids is 3. The summed E-state index contributed by atoms with van der Waals surface area (Å²) in [4.78, 5) is 51.1. The largest absolute Gasteiger partial charge is 0.464 e. The number of hydrogen-bond acceptors (Lipinski definition) is 10. The van der Waals surface area contributed by atoms with Crippen molar-refractivity contribution in [2.45, 2.75) is 91.1 Å². The van der Waals surface area contributed by atoms with Gasteiger partial charge in [-0.15, -0.1) is 11.8 Å². The molecule has 1 aliphatic carbocycles. The highest BCUT2D eigenvalue weighted by Crippen LogP contribution is 2.46. The lowest BCUT2D eigenvalue weighted by Crippen LogP contribution is -2.60. The van der Waals surface area contributed by atoms with Gasteiger partial charge in [-0.2, -0.15) is 0 Å². The highest BCUT2D eigenvalue weighted by atomic mass is 32.2. The predicted molar refractivity (Wildman–Crippen MR) is 205 cm³/mol. The highest BCUT2D eigenvalue weighted by Gasteiger charge is 2.52. The smallest absolute Gasteiger partial charge is 0.324 e. The Kier molecular flexibility index (Phi) is 10.7. The average molecular weight is 745 g/mol. The molecule has 3 aromatic rings. The first-order valence-electron chi connectivity index (χ1n) is 18.9. The molecule has 53 heavy (non-hydrogen) atoms. The van der Waals surface area contributed by atoms with Gasteiger partial charge in [0.05, 0.1) is 35.2 Å². The lowest BCUT2D eigenvalue weighted by atomic mass is 9.84. The van der Waals surface area contributed by atoms with E-state index >= 15 is 0 Å². The highest BCUT2D eigenvalue weighted by molar-refractivity contribution is 8.14. The second-order valence-electron chi connectivity index (χ2n) is 15.8. The normalized spacial score (nSPS) is 27.9. The van der Waals surface area contributed by atoms with Crippen LogP contribution in [0.4, 0.5) is 0 Å². The van der Waals surface area contributed by atoms with E-state index in [1.54, 1.807) is 25.1 Å². The van der Waals surface area contributed by atoms with Crippen LogP contribution in [0.5, 0.6) is 0 Å². The molecular weight excluding hydrogens is 693 g/mol. The molecule has 5 heterocycles. The summed E-state index contributed by atoms with van der Waals surface area (Å²) < 4.78 is 14.2. The number of carbonyl (C=O) groups is 3. The minimum Gasteiger partial charge on any atom is -0.464 e. The number of esters is 1. The molecule has 13 heteroatoms. The molecule has 1 saturated heterocycles. The number of nitrogens with zero attached hydrogens (tertiary/aromatic N) is 4. The van der Waals surface area contributed by atoms with E-state index in [4.69, 9.17) is 19.5 Å². The first-order valence-corrected chi connectivity index (χ1v) is 19.9. The van der Waals surface area contributed by atoms with E-state index in [0.717, 1.165) is 50.6 Å². The summed E-state index contributed by atoms with van der Waals surface area (Å²) in [6.07, 6.45) is 3.59. The number of rotatable bonds is 7. The van der Waals surface area contributed by atoms with Crippen molar-refractivity contribution in [1.29, 1.82) is 0 Å². The summed E-state index contributed by atoms with van der Waals surface area (Å²) in [6, 6.07) is 8.97. The molecule has 2 fully saturated rings. The van der Waals surface area contributed by atoms with E-state index in [-0.39, 0.29) is 61.3 Å². The molecule has 0 spiro atoms. The Morgan fingerprint density at radius 3 is 2.81 bits per heavy atom. The van der Waals surface area contributed by atoms with Crippen LogP contribution >= 0.6 is 11.8 Å². The number of aliphatic imine (C=N–C) groups is 1. The van der Waals surface area contributed by atoms with E-state index in [1.807, 2.05) is 19.9 Å². The van der Waals surface area contributed by atoms with E-state index < -0.39 is 23.5 Å². The third kappa shape index (κ3) is 7.37. The van der Waals surface area contributed by atoms with Crippen LogP contribution in [0.15, 0.2) is 41.5 Å². The Labute approximate surface area is 315 Å². The van der Waals surface area contributed by atoms with Gasteiger partial charge in [0.1, 0.15) is 12.1 Å². The summed E-state index contributed by atoms with van der Waals surface area (Å²) in [7, 11) is 1.70. The first kappa shape index (κ1) is 37.5. The number of aliphatic hydroxyl groups is 1. The van der Waals surface area contributed by atoms with E-state index in [2.05, 4.69) is 60.3 Å². The summed E-state index contributed by atoms with van der Waals surface area (Å²) in [6.45, 7) is 11.6. The molecule has 1 saturated carbocycles. The number of methoxy groups -OCH3 is 1. The summed E-state index contributed by atoms with van der Waals surface area (Å²) in [5.41, 5.74) is 8.99. The standard InChI is InChI=1S/C40H52N6O6S/c1-7-45-32-13-12-24-16-26(32)27(36(45)25-10-8-14-41-35(25)23(3)51-6)18-40(4,5)21-52-39(50)29-11-9-15-46(44-29)38(49)30(17-33-42-31(24)20-53-33)43-37(48)34-22(2)28(34)19-47/h8,10,12-14,16,22-23,28-31,34,44,47H,7,9,11,15,17-21H2,1-6H3,(H,43,48)/t22-,23-,28+,29-,30-,31?,34+/m0/s1. The van der Waals surface area contributed by atoms with Gasteiger partial charge >= 0.3 is 5.97 Å². The van der Waals surface area contributed by atoms with Crippen LogP contribution < -0.4 is 10.7 Å². The van der Waals surface area contributed by atoms with Gasteiger partial charge in [0, 0.05) is 73.0 Å². The fourth-order valence-corrected chi connectivity index (χ4v) is 9.43. The van der Waals surface area contributed by atoms with E-state index in [1.165, 1.54) is 5.01 Å². The zero-order valence-corrected chi connectivity index (χ0v) is 32.4. The molecule has 284 valence electrons. The number of ether oxygens (including phenoxy) is 2. The van der Waals surface area contributed by atoms with Crippen LogP contribution in [0, 0.1) is 23.2 Å². The molecule has 1 unspecified atom stereocenters. The van der Waals surface area contributed by atoms with Crippen molar-refractivity contribution in [3.8, 4) is 11.3 Å². The molecule has 2 amide bonds. The lowest BCUT2D eigenvalue weighted by Gasteiger charge is -2.35. The Morgan fingerprint density at radius 1 is 1.26 bits per heavy atom. The van der Waals surface area contributed by atoms with Gasteiger partial charge in [-0.3, -0.25) is 29.4 Å². The topological polar surface area (TPSA) is 147 Å². The number of hydrazine groups is 1. The van der Waals surface area contributed by atoms with Crippen molar-refractivity contribution in [1.82, 2.24) is 25.3 Å². The Bertz CT molecular complexity index is 1930. The Hall–Kier alpha value is -3.78. The molecule has 7 rings (SSSR count). The summed E-state index contributed by atoms with van der Waals surface area (Å²) in [5.74, 6) is -0.643. The number of amides is 2.